The van der Waals surface area contributed by atoms with E-state index in [0.29, 0.717) is 11.5 Å². The van der Waals surface area contributed by atoms with Crippen LogP contribution < -0.4 is 0 Å². The van der Waals surface area contributed by atoms with Crippen LogP contribution in [0.15, 0.2) is 211 Å². The molecular weight excluding hydrogens is 739 g/mol. The Labute approximate surface area is 355 Å². The van der Waals surface area contributed by atoms with Crippen LogP contribution in [0.25, 0.3) is 87.1 Å². The summed E-state index contributed by atoms with van der Waals surface area (Å²) >= 11 is 0. The van der Waals surface area contributed by atoms with Gasteiger partial charge in [-0.1, -0.05) is 184 Å². The van der Waals surface area contributed by atoms with Crippen molar-refractivity contribution < 1.29 is 0 Å². The van der Waals surface area contributed by atoms with Crippen molar-refractivity contribution in [3.8, 4) is 5.69 Å². The number of nitrogens with zero attached hydrogens (tertiary/aromatic N) is 3. The van der Waals surface area contributed by atoms with Crippen molar-refractivity contribution in [3.63, 3.8) is 0 Å². The molecule has 290 valence electrons. The van der Waals surface area contributed by atoms with E-state index < -0.39 is 0 Å². The van der Waals surface area contributed by atoms with Crippen molar-refractivity contribution >= 4 is 92.9 Å². The average molecular weight is 782 g/mol. The van der Waals surface area contributed by atoms with Crippen LogP contribution in [0.1, 0.15) is 37.0 Å². The molecule has 1 heterocycles. The minimum absolute atomic E-state index is 0.0675. The van der Waals surface area contributed by atoms with E-state index in [2.05, 4.69) is 201 Å². The number of benzene rings is 10. The van der Waals surface area contributed by atoms with E-state index in [-0.39, 0.29) is 5.92 Å². The largest absolute Gasteiger partial charge is 0.309 e. The van der Waals surface area contributed by atoms with E-state index >= 15 is 0 Å². The number of amidine groups is 1. The molecule has 11 rings (SSSR count). The molecule has 1 unspecified atom stereocenters. The van der Waals surface area contributed by atoms with Gasteiger partial charge in [0.15, 0.2) is 5.84 Å². The lowest BCUT2D eigenvalue weighted by molar-refractivity contribution is 0.740. The predicted octanol–water partition coefficient (Wildman–Crippen LogP) is 15.5. The third-order valence-electron chi connectivity index (χ3n) is 12.6. The Bertz CT molecular complexity index is 3550. The van der Waals surface area contributed by atoms with Crippen LogP contribution >= 0.6 is 0 Å². The Balaban J connectivity index is 1.30. The topological polar surface area (TPSA) is 29.6 Å². The zero-order valence-electron chi connectivity index (χ0n) is 34.3. The highest BCUT2D eigenvalue weighted by Crippen LogP contribution is 2.41. The Morgan fingerprint density at radius 3 is 1.51 bits per heavy atom. The fourth-order valence-corrected chi connectivity index (χ4v) is 9.46. The molecule has 0 aliphatic heterocycles. The maximum Gasteiger partial charge on any atom is 0.160 e. The van der Waals surface area contributed by atoms with Crippen molar-refractivity contribution in [2.45, 2.75) is 20.3 Å². The molecule has 0 spiro atoms. The molecule has 0 aliphatic carbocycles. The first-order valence-corrected chi connectivity index (χ1v) is 21.3. The van der Waals surface area contributed by atoms with Gasteiger partial charge in [-0.05, 0) is 102 Å². The Morgan fingerprint density at radius 1 is 0.459 bits per heavy atom. The summed E-state index contributed by atoms with van der Waals surface area (Å²) in [7, 11) is 0. The lowest BCUT2D eigenvalue weighted by Gasteiger charge is -2.22. The lowest BCUT2D eigenvalue weighted by atomic mass is 9.88. The van der Waals surface area contributed by atoms with Gasteiger partial charge in [-0.15, -0.1) is 0 Å². The standard InChI is InChI=1S/C58H43N3/c1-4-37(2)57(60-58(59-38(3)39-20-6-5-7-21-39)52-34-40-22-8-9-23-41(40)42-24-10-15-29-47(42)52)53-35-50-45-27-13-11-25-43(45)44-26-12-14-28-46(44)51(50)36-56(53)61-54-32-18-16-30-48(54)49-31-17-19-33-55(49)61/h5-37H,3-4H2,1-2H3. The second kappa shape index (κ2) is 14.9. The van der Waals surface area contributed by atoms with Gasteiger partial charge in [-0.2, -0.15) is 0 Å². The Kier molecular flexibility index (Phi) is 8.90. The van der Waals surface area contributed by atoms with Crippen LogP contribution in [0.3, 0.4) is 0 Å². The molecule has 3 heteroatoms. The maximum absolute atomic E-state index is 5.88. The second-order valence-corrected chi connectivity index (χ2v) is 16.1. The SMILES string of the molecule is C=C(N=C(N=C(c1cc2c3ccccc3c3ccccc3c2cc1-n1c2ccccc2c2ccccc21)C(C)CC)c1cc2ccccc2c2ccccc12)c1ccccc1. The highest BCUT2D eigenvalue weighted by atomic mass is 15.0. The average Bonchev–Trinajstić information content (AvgIpc) is 3.66. The summed E-state index contributed by atoms with van der Waals surface area (Å²) in [6.07, 6.45) is 0.882. The predicted molar refractivity (Wildman–Crippen MR) is 263 cm³/mol. The van der Waals surface area contributed by atoms with E-state index in [4.69, 9.17) is 9.98 Å². The molecule has 10 aromatic carbocycles. The van der Waals surface area contributed by atoms with Crippen LogP contribution in [-0.4, -0.2) is 16.1 Å². The van der Waals surface area contributed by atoms with Gasteiger partial charge < -0.3 is 4.57 Å². The van der Waals surface area contributed by atoms with E-state index in [1.165, 1.54) is 53.9 Å². The fraction of sp³-hybridized carbons (Fsp3) is 0.0690. The monoisotopic (exact) mass is 781 g/mol. The van der Waals surface area contributed by atoms with E-state index in [0.717, 1.165) is 56.3 Å². The first-order chi connectivity index (χ1) is 30.1. The number of hydrogen-bond acceptors (Lipinski definition) is 1. The number of fused-ring (bicyclic) bond motifs is 12. The summed E-state index contributed by atoms with van der Waals surface area (Å²) in [5, 5.41) is 14.4. The number of para-hydroxylation sites is 2. The lowest BCUT2D eigenvalue weighted by Crippen LogP contribution is -2.18. The van der Waals surface area contributed by atoms with Gasteiger partial charge >= 0.3 is 0 Å². The minimum Gasteiger partial charge on any atom is -0.309 e. The molecule has 1 atom stereocenters. The molecule has 0 saturated heterocycles. The van der Waals surface area contributed by atoms with Crippen molar-refractivity contribution in [2.24, 2.45) is 15.9 Å². The molecule has 0 fully saturated rings. The normalized spacial score (nSPS) is 13.0. The molecule has 0 bridgehead atoms. The number of rotatable bonds is 7. The fourth-order valence-electron chi connectivity index (χ4n) is 9.46. The molecule has 0 radical (unpaired) electrons. The Hall–Kier alpha value is -7.62. The van der Waals surface area contributed by atoms with Crippen LogP contribution in [0, 0.1) is 5.92 Å². The number of hydrogen-bond donors (Lipinski definition) is 0. The molecule has 0 N–H and O–H groups in total. The molecule has 3 nitrogen and oxygen atoms in total. The van der Waals surface area contributed by atoms with Gasteiger partial charge in [0.2, 0.25) is 0 Å². The maximum atomic E-state index is 5.88. The summed E-state index contributed by atoms with van der Waals surface area (Å²) < 4.78 is 2.46. The van der Waals surface area contributed by atoms with Crippen molar-refractivity contribution in [1.82, 2.24) is 4.57 Å². The van der Waals surface area contributed by atoms with Gasteiger partial charge in [0.1, 0.15) is 0 Å². The molecule has 0 amide bonds. The van der Waals surface area contributed by atoms with Crippen LogP contribution in [-0.2, 0) is 0 Å². The molecule has 0 saturated carbocycles. The second-order valence-electron chi connectivity index (χ2n) is 16.1. The zero-order valence-corrected chi connectivity index (χ0v) is 34.3. The minimum atomic E-state index is 0.0675. The number of aliphatic imine (C=N–C) groups is 2. The summed E-state index contributed by atoms with van der Waals surface area (Å²) in [6, 6.07) is 69.9. The Morgan fingerprint density at radius 2 is 0.918 bits per heavy atom. The zero-order chi connectivity index (χ0) is 41.0. The summed E-state index contributed by atoms with van der Waals surface area (Å²) in [4.78, 5) is 11.3. The van der Waals surface area contributed by atoms with Gasteiger partial charge in [0, 0.05) is 21.9 Å². The van der Waals surface area contributed by atoms with E-state index in [1.807, 2.05) is 18.2 Å². The van der Waals surface area contributed by atoms with Gasteiger partial charge in [0.05, 0.1) is 28.1 Å². The van der Waals surface area contributed by atoms with Crippen LogP contribution in [0.4, 0.5) is 0 Å². The number of aromatic nitrogens is 1. The van der Waals surface area contributed by atoms with Gasteiger partial charge in [-0.3, -0.25) is 0 Å². The molecule has 61 heavy (non-hydrogen) atoms. The van der Waals surface area contributed by atoms with Gasteiger partial charge in [-0.25, -0.2) is 9.98 Å². The highest BCUT2D eigenvalue weighted by molar-refractivity contribution is 6.28. The van der Waals surface area contributed by atoms with Crippen LogP contribution in [0.2, 0.25) is 0 Å². The molecule has 1 aromatic heterocycles. The molecule has 11 aromatic rings. The highest BCUT2D eigenvalue weighted by Gasteiger charge is 2.24. The van der Waals surface area contributed by atoms with E-state index in [9.17, 15) is 0 Å². The summed E-state index contributed by atoms with van der Waals surface area (Å²) in [5.41, 5.74) is 8.07. The van der Waals surface area contributed by atoms with Gasteiger partial charge in [0.25, 0.3) is 0 Å². The third kappa shape index (κ3) is 6.04. The first kappa shape index (κ1) is 36.5. The quantitative estimate of drug-likeness (QED) is 0.0876. The third-order valence-corrected chi connectivity index (χ3v) is 12.6. The van der Waals surface area contributed by atoms with Crippen molar-refractivity contribution in [1.29, 1.82) is 0 Å². The molecule has 0 aliphatic rings. The van der Waals surface area contributed by atoms with E-state index in [1.54, 1.807) is 0 Å². The van der Waals surface area contributed by atoms with Crippen molar-refractivity contribution in [3.05, 3.63) is 217 Å². The smallest absolute Gasteiger partial charge is 0.160 e. The first-order valence-electron chi connectivity index (χ1n) is 21.3. The van der Waals surface area contributed by atoms with Crippen LogP contribution in [0.5, 0.6) is 0 Å². The summed E-state index contributed by atoms with van der Waals surface area (Å²) in [6.45, 7) is 9.11. The van der Waals surface area contributed by atoms with Crippen molar-refractivity contribution in [2.75, 3.05) is 0 Å². The summed E-state index contributed by atoms with van der Waals surface area (Å²) in [5.74, 6) is 0.709. The molecular formula is C58H43N3.